The third-order valence-corrected chi connectivity index (χ3v) is 3.11. The SMILES string of the molecule is COc1ccc(O)c(CC(N)Cc2ccccc2)c1. The minimum Gasteiger partial charge on any atom is -0.508 e. The van der Waals surface area contributed by atoms with E-state index in [0.717, 1.165) is 17.7 Å². The summed E-state index contributed by atoms with van der Waals surface area (Å²) in [5, 5.41) is 9.83. The van der Waals surface area contributed by atoms with E-state index in [2.05, 4.69) is 12.1 Å². The van der Waals surface area contributed by atoms with E-state index in [1.807, 2.05) is 24.3 Å². The monoisotopic (exact) mass is 257 g/mol. The van der Waals surface area contributed by atoms with Crippen molar-refractivity contribution in [1.29, 1.82) is 0 Å². The van der Waals surface area contributed by atoms with Crippen LogP contribution in [0.15, 0.2) is 48.5 Å². The number of nitrogens with two attached hydrogens (primary N) is 1. The van der Waals surface area contributed by atoms with Gasteiger partial charge in [0.2, 0.25) is 0 Å². The molecule has 3 N–H and O–H groups in total. The molecule has 0 amide bonds. The second kappa shape index (κ2) is 6.25. The van der Waals surface area contributed by atoms with Crippen LogP contribution in [0.25, 0.3) is 0 Å². The van der Waals surface area contributed by atoms with Crippen molar-refractivity contribution in [2.45, 2.75) is 18.9 Å². The summed E-state index contributed by atoms with van der Waals surface area (Å²) in [7, 11) is 1.61. The highest BCUT2D eigenvalue weighted by molar-refractivity contribution is 5.39. The number of benzene rings is 2. The molecule has 2 aromatic carbocycles. The average molecular weight is 257 g/mol. The van der Waals surface area contributed by atoms with Crippen LogP contribution in [0.4, 0.5) is 0 Å². The lowest BCUT2D eigenvalue weighted by Gasteiger charge is -2.13. The maximum absolute atomic E-state index is 9.83. The molecule has 0 fully saturated rings. The molecule has 3 nitrogen and oxygen atoms in total. The van der Waals surface area contributed by atoms with E-state index in [9.17, 15) is 5.11 Å². The van der Waals surface area contributed by atoms with Gasteiger partial charge in [-0.25, -0.2) is 0 Å². The first-order chi connectivity index (χ1) is 9.19. The zero-order valence-corrected chi connectivity index (χ0v) is 11.0. The van der Waals surface area contributed by atoms with Gasteiger partial charge in [-0.05, 0) is 42.2 Å². The minimum absolute atomic E-state index is 0.0274. The maximum atomic E-state index is 9.83. The van der Waals surface area contributed by atoms with Gasteiger partial charge in [0.25, 0.3) is 0 Å². The quantitative estimate of drug-likeness (QED) is 0.865. The normalized spacial score (nSPS) is 12.1. The standard InChI is InChI=1S/C16H19NO2/c1-19-15-7-8-16(18)13(11-15)10-14(17)9-12-5-3-2-4-6-12/h2-8,11,14,18H,9-10,17H2,1H3. The highest BCUT2D eigenvalue weighted by atomic mass is 16.5. The topological polar surface area (TPSA) is 55.5 Å². The number of hydrogen-bond acceptors (Lipinski definition) is 3. The lowest BCUT2D eigenvalue weighted by atomic mass is 9.99. The van der Waals surface area contributed by atoms with Crippen LogP contribution < -0.4 is 10.5 Å². The summed E-state index contributed by atoms with van der Waals surface area (Å²) in [5.41, 5.74) is 8.17. The van der Waals surface area contributed by atoms with Crippen molar-refractivity contribution in [3.63, 3.8) is 0 Å². The Morgan fingerprint density at radius 2 is 1.84 bits per heavy atom. The highest BCUT2D eigenvalue weighted by Gasteiger charge is 2.10. The van der Waals surface area contributed by atoms with Crippen LogP contribution in [0.1, 0.15) is 11.1 Å². The van der Waals surface area contributed by atoms with Crippen LogP contribution in [0, 0.1) is 0 Å². The summed E-state index contributed by atoms with van der Waals surface area (Å²) in [6.45, 7) is 0. The molecule has 100 valence electrons. The van der Waals surface area contributed by atoms with E-state index in [1.165, 1.54) is 5.56 Å². The summed E-state index contributed by atoms with van der Waals surface area (Å²) in [4.78, 5) is 0. The Bertz CT molecular complexity index is 526. The molecule has 0 radical (unpaired) electrons. The van der Waals surface area contributed by atoms with E-state index in [4.69, 9.17) is 10.5 Å². The fraction of sp³-hybridized carbons (Fsp3) is 0.250. The number of aromatic hydroxyl groups is 1. The Labute approximate surface area is 113 Å². The highest BCUT2D eigenvalue weighted by Crippen LogP contribution is 2.24. The molecule has 0 heterocycles. The van der Waals surface area contributed by atoms with Crippen molar-refractivity contribution in [3.8, 4) is 11.5 Å². The largest absolute Gasteiger partial charge is 0.508 e. The molecule has 0 aromatic heterocycles. The fourth-order valence-corrected chi connectivity index (χ4v) is 2.12. The van der Waals surface area contributed by atoms with Crippen LogP contribution in [0.2, 0.25) is 0 Å². The Morgan fingerprint density at radius 1 is 1.11 bits per heavy atom. The van der Waals surface area contributed by atoms with Crippen molar-refractivity contribution >= 4 is 0 Å². The summed E-state index contributed by atoms with van der Waals surface area (Å²) < 4.78 is 5.16. The summed E-state index contributed by atoms with van der Waals surface area (Å²) >= 11 is 0. The maximum Gasteiger partial charge on any atom is 0.119 e. The Kier molecular flexibility index (Phi) is 4.42. The van der Waals surface area contributed by atoms with E-state index < -0.39 is 0 Å². The van der Waals surface area contributed by atoms with Crippen LogP contribution in [-0.4, -0.2) is 18.3 Å². The van der Waals surface area contributed by atoms with Crippen molar-refractivity contribution in [2.24, 2.45) is 5.73 Å². The van der Waals surface area contributed by atoms with Gasteiger partial charge in [-0.2, -0.15) is 0 Å². The first-order valence-electron chi connectivity index (χ1n) is 6.34. The predicted octanol–water partition coefficient (Wildman–Crippen LogP) is 2.51. The van der Waals surface area contributed by atoms with Crippen molar-refractivity contribution < 1.29 is 9.84 Å². The average Bonchev–Trinajstić information content (AvgIpc) is 2.42. The number of ether oxygens (including phenoxy) is 1. The minimum atomic E-state index is -0.0274. The number of rotatable bonds is 5. The molecule has 3 heteroatoms. The smallest absolute Gasteiger partial charge is 0.119 e. The molecule has 2 aromatic rings. The summed E-state index contributed by atoms with van der Waals surface area (Å²) in [6, 6.07) is 15.3. The summed E-state index contributed by atoms with van der Waals surface area (Å²) in [5.74, 6) is 1.00. The van der Waals surface area contributed by atoms with Crippen LogP contribution in [-0.2, 0) is 12.8 Å². The fourth-order valence-electron chi connectivity index (χ4n) is 2.12. The lowest BCUT2D eigenvalue weighted by Crippen LogP contribution is -2.25. The van der Waals surface area contributed by atoms with Gasteiger partial charge in [0, 0.05) is 6.04 Å². The lowest BCUT2D eigenvalue weighted by molar-refractivity contribution is 0.410. The predicted molar refractivity (Wildman–Crippen MR) is 76.5 cm³/mol. The molecule has 0 aliphatic rings. The van der Waals surface area contributed by atoms with Crippen molar-refractivity contribution in [3.05, 3.63) is 59.7 Å². The van der Waals surface area contributed by atoms with E-state index >= 15 is 0 Å². The molecule has 0 spiro atoms. The van der Waals surface area contributed by atoms with Gasteiger partial charge in [-0.15, -0.1) is 0 Å². The van der Waals surface area contributed by atoms with E-state index in [1.54, 1.807) is 19.2 Å². The van der Waals surface area contributed by atoms with E-state index in [0.29, 0.717) is 6.42 Å². The molecule has 1 atom stereocenters. The van der Waals surface area contributed by atoms with Crippen molar-refractivity contribution in [1.82, 2.24) is 0 Å². The first kappa shape index (κ1) is 13.4. The van der Waals surface area contributed by atoms with Gasteiger partial charge in [0.1, 0.15) is 11.5 Å². The molecule has 0 saturated carbocycles. The molecule has 0 bridgehead atoms. The molecule has 1 unspecified atom stereocenters. The van der Waals surface area contributed by atoms with Gasteiger partial charge in [0.15, 0.2) is 0 Å². The zero-order valence-electron chi connectivity index (χ0n) is 11.0. The van der Waals surface area contributed by atoms with Crippen LogP contribution >= 0.6 is 0 Å². The number of hydrogen-bond donors (Lipinski definition) is 2. The molecule has 0 aliphatic heterocycles. The van der Waals surface area contributed by atoms with Gasteiger partial charge >= 0.3 is 0 Å². The number of methoxy groups -OCH3 is 1. The van der Waals surface area contributed by atoms with E-state index in [-0.39, 0.29) is 11.8 Å². The molecular weight excluding hydrogens is 238 g/mol. The van der Waals surface area contributed by atoms with Crippen LogP contribution in [0.5, 0.6) is 11.5 Å². The van der Waals surface area contributed by atoms with Gasteiger partial charge in [0.05, 0.1) is 7.11 Å². The zero-order chi connectivity index (χ0) is 13.7. The molecule has 0 saturated heterocycles. The molecule has 2 rings (SSSR count). The number of phenols is 1. The second-order valence-corrected chi connectivity index (χ2v) is 4.65. The Balaban J connectivity index is 2.04. The van der Waals surface area contributed by atoms with Crippen molar-refractivity contribution in [2.75, 3.05) is 7.11 Å². The molecular formula is C16H19NO2. The Morgan fingerprint density at radius 3 is 2.53 bits per heavy atom. The first-order valence-corrected chi connectivity index (χ1v) is 6.34. The summed E-state index contributed by atoms with van der Waals surface area (Å²) in [6.07, 6.45) is 1.41. The van der Waals surface area contributed by atoms with Gasteiger partial charge < -0.3 is 15.6 Å². The molecule has 0 aliphatic carbocycles. The third kappa shape index (κ3) is 3.73. The number of phenolic OH excluding ortho intramolecular Hbond substituents is 1. The third-order valence-electron chi connectivity index (χ3n) is 3.11. The molecule has 19 heavy (non-hydrogen) atoms. The van der Waals surface area contributed by atoms with Crippen LogP contribution in [0.3, 0.4) is 0 Å². The second-order valence-electron chi connectivity index (χ2n) is 4.65. The Hall–Kier alpha value is -2.00. The van der Waals surface area contributed by atoms with Gasteiger partial charge in [-0.1, -0.05) is 30.3 Å². The van der Waals surface area contributed by atoms with Gasteiger partial charge in [-0.3, -0.25) is 0 Å².